The zero-order valence-corrected chi connectivity index (χ0v) is 12.2. The van der Waals surface area contributed by atoms with Gasteiger partial charge in [-0.05, 0) is 18.6 Å². The molecule has 2 heterocycles. The fourth-order valence-corrected chi connectivity index (χ4v) is 2.31. The van der Waals surface area contributed by atoms with Crippen LogP contribution in [-0.4, -0.2) is 27.9 Å². The molecule has 22 heavy (non-hydrogen) atoms. The summed E-state index contributed by atoms with van der Waals surface area (Å²) >= 11 is 0. The number of anilines is 2. The number of aliphatic hydroxyl groups excluding tert-OH is 1. The van der Waals surface area contributed by atoms with Gasteiger partial charge in [0.05, 0.1) is 25.1 Å². The Morgan fingerprint density at radius 3 is 3.00 bits per heavy atom. The van der Waals surface area contributed by atoms with Gasteiger partial charge in [0.2, 0.25) is 0 Å². The van der Waals surface area contributed by atoms with Crippen molar-refractivity contribution < 1.29 is 14.6 Å². The highest BCUT2D eigenvalue weighted by Gasteiger charge is 2.21. The maximum atomic E-state index is 12.2. The summed E-state index contributed by atoms with van der Waals surface area (Å²) in [6, 6.07) is 7.43. The van der Waals surface area contributed by atoms with Crippen LogP contribution in [0.15, 0.2) is 35.3 Å². The standard InChI is InChI=1S/C15H17N3O4/c1-2-13(21-8-7-19)18-9-12-14(17-15(18)20)16-10-5-3-4-6-11(10)22-12/h3-6,9,13,19H,2,7-8H2,1H3,(H,16,17,20)/t13-/m1/s1. The first-order chi connectivity index (χ1) is 10.7. The highest BCUT2D eigenvalue weighted by atomic mass is 16.5. The molecule has 1 aliphatic rings. The zero-order valence-electron chi connectivity index (χ0n) is 12.2. The van der Waals surface area contributed by atoms with Crippen LogP contribution in [-0.2, 0) is 4.74 Å². The van der Waals surface area contributed by atoms with E-state index < -0.39 is 11.9 Å². The van der Waals surface area contributed by atoms with Crippen LogP contribution in [0, 0.1) is 0 Å². The number of nitrogens with zero attached hydrogens (tertiary/aromatic N) is 2. The maximum Gasteiger partial charge on any atom is 0.351 e. The van der Waals surface area contributed by atoms with Crippen molar-refractivity contribution in [3.8, 4) is 11.5 Å². The van der Waals surface area contributed by atoms with E-state index >= 15 is 0 Å². The third-order valence-corrected chi connectivity index (χ3v) is 3.34. The molecule has 0 aliphatic carbocycles. The van der Waals surface area contributed by atoms with Crippen molar-refractivity contribution in [3.63, 3.8) is 0 Å². The molecule has 0 saturated carbocycles. The van der Waals surface area contributed by atoms with Crippen LogP contribution in [0.2, 0.25) is 0 Å². The topological polar surface area (TPSA) is 85.6 Å². The predicted octanol–water partition coefficient (Wildman–Crippen LogP) is 2.01. The summed E-state index contributed by atoms with van der Waals surface area (Å²) < 4.78 is 12.6. The molecule has 0 amide bonds. The number of rotatable bonds is 5. The van der Waals surface area contributed by atoms with E-state index in [-0.39, 0.29) is 13.2 Å². The average Bonchev–Trinajstić information content (AvgIpc) is 2.54. The molecule has 0 saturated heterocycles. The number of aromatic nitrogens is 2. The molecule has 0 radical (unpaired) electrons. The van der Waals surface area contributed by atoms with Crippen LogP contribution < -0.4 is 15.7 Å². The van der Waals surface area contributed by atoms with Crippen molar-refractivity contribution in [3.05, 3.63) is 40.9 Å². The second kappa shape index (κ2) is 6.17. The third kappa shape index (κ3) is 2.68. The Labute approximate surface area is 127 Å². The van der Waals surface area contributed by atoms with Gasteiger partial charge in [-0.25, -0.2) is 4.79 Å². The fourth-order valence-electron chi connectivity index (χ4n) is 2.31. The van der Waals surface area contributed by atoms with Gasteiger partial charge in [-0.15, -0.1) is 0 Å². The number of nitrogens with one attached hydrogen (secondary N) is 1. The molecule has 116 valence electrons. The van der Waals surface area contributed by atoms with Gasteiger partial charge in [0.15, 0.2) is 17.3 Å². The summed E-state index contributed by atoms with van der Waals surface area (Å²) in [7, 11) is 0. The van der Waals surface area contributed by atoms with Gasteiger partial charge in [-0.2, -0.15) is 4.98 Å². The Morgan fingerprint density at radius 2 is 2.23 bits per heavy atom. The van der Waals surface area contributed by atoms with E-state index in [4.69, 9.17) is 14.6 Å². The Morgan fingerprint density at radius 1 is 1.41 bits per heavy atom. The lowest BCUT2D eigenvalue weighted by Gasteiger charge is -2.23. The highest BCUT2D eigenvalue weighted by molar-refractivity contribution is 5.72. The molecule has 1 aromatic carbocycles. The fraction of sp³-hybridized carbons (Fsp3) is 0.333. The minimum atomic E-state index is -0.488. The normalized spacial score (nSPS) is 13.5. The van der Waals surface area contributed by atoms with Gasteiger partial charge in [0.25, 0.3) is 0 Å². The molecule has 0 fully saturated rings. The van der Waals surface area contributed by atoms with Crippen molar-refractivity contribution in [1.82, 2.24) is 9.55 Å². The Bertz CT molecular complexity index is 729. The summed E-state index contributed by atoms with van der Waals surface area (Å²) in [5, 5.41) is 11.9. The molecular weight excluding hydrogens is 286 g/mol. The van der Waals surface area contributed by atoms with Gasteiger partial charge >= 0.3 is 5.69 Å². The van der Waals surface area contributed by atoms with Crippen LogP contribution in [0.4, 0.5) is 11.5 Å². The van der Waals surface area contributed by atoms with E-state index in [1.54, 1.807) is 6.20 Å². The van der Waals surface area contributed by atoms with Crippen LogP contribution in [0.25, 0.3) is 0 Å². The Kier molecular flexibility index (Phi) is 4.08. The molecular formula is C15H17N3O4. The molecule has 2 N–H and O–H groups in total. The van der Waals surface area contributed by atoms with Gasteiger partial charge in [-0.3, -0.25) is 4.57 Å². The minimum Gasteiger partial charge on any atom is -0.450 e. The summed E-state index contributed by atoms with van der Waals surface area (Å²) in [5.41, 5.74) is 0.335. The van der Waals surface area contributed by atoms with Crippen LogP contribution in [0.3, 0.4) is 0 Å². The quantitative estimate of drug-likeness (QED) is 0.750. The maximum absolute atomic E-state index is 12.2. The number of benzene rings is 1. The average molecular weight is 303 g/mol. The van der Waals surface area contributed by atoms with Crippen molar-refractivity contribution in [1.29, 1.82) is 0 Å². The first kappa shape index (κ1) is 14.6. The summed E-state index contributed by atoms with van der Waals surface area (Å²) in [5.74, 6) is 1.52. The second-order valence-corrected chi connectivity index (χ2v) is 4.82. The monoisotopic (exact) mass is 303 g/mol. The Balaban J connectivity index is 1.95. The van der Waals surface area contributed by atoms with E-state index in [9.17, 15) is 4.79 Å². The molecule has 0 unspecified atom stereocenters. The van der Waals surface area contributed by atoms with E-state index in [2.05, 4.69) is 10.3 Å². The lowest BCUT2D eigenvalue weighted by Crippen LogP contribution is -2.29. The SMILES string of the molecule is CC[C@@H](OCCO)n1cc2c(nc1=O)Nc1ccccc1O2. The van der Waals surface area contributed by atoms with Crippen molar-refractivity contribution in [2.75, 3.05) is 18.5 Å². The van der Waals surface area contributed by atoms with Gasteiger partial charge in [-0.1, -0.05) is 19.1 Å². The molecule has 7 heteroatoms. The molecule has 0 bridgehead atoms. The summed E-state index contributed by atoms with van der Waals surface area (Å²) in [6.45, 7) is 1.95. The molecule has 1 aromatic heterocycles. The summed E-state index contributed by atoms with van der Waals surface area (Å²) in [4.78, 5) is 16.2. The lowest BCUT2D eigenvalue weighted by molar-refractivity contribution is -0.0201. The number of para-hydroxylation sites is 2. The summed E-state index contributed by atoms with van der Waals surface area (Å²) in [6.07, 6.45) is 1.67. The van der Waals surface area contributed by atoms with E-state index in [0.717, 1.165) is 5.69 Å². The highest BCUT2D eigenvalue weighted by Crippen LogP contribution is 2.39. The van der Waals surface area contributed by atoms with Crippen LogP contribution in [0.1, 0.15) is 19.6 Å². The lowest BCUT2D eigenvalue weighted by atomic mass is 10.2. The van der Waals surface area contributed by atoms with Crippen LogP contribution >= 0.6 is 0 Å². The predicted molar refractivity (Wildman–Crippen MR) is 80.7 cm³/mol. The van der Waals surface area contributed by atoms with E-state index in [0.29, 0.717) is 23.7 Å². The van der Waals surface area contributed by atoms with Gasteiger partial charge < -0.3 is 19.9 Å². The largest absolute Gasteiger partial charge is 0.450 e. The Hall–Kier alpha value is -2.38. The van der Waals surface area contributed by atoms with Gasteiger partial charge in [0, 0.05) is 0 Å². The molecule has 3 rings (SSSR count). The van der Waals surface area contributed by atoms with Gasteiger partial charge in [0.1, 0.15) is 6.23 Å². The second-order valence-electron chi connectivity index (χ2n) is 4.82. The van der Waals surface area contributed by atoms with Crippen molar-refractivity contribution in [2.24, 2.45) is 0 Å². The number of ether oxygens (including phenoxy) is 2. The van der Waals surface area contributed by atoms with E-state index in [1.807, 2.05) is 31.2 Å². The van der Waals surface area contributed by atoms with E-state index in [1.165, 1.54) is 4.57 Å². The number of hydrogen-bond acceptors (Lipinski definition) is 6. The number of hydrogen-bond donors (Lipinski definition) is 2. The minimum absolute atomic E-state index is 0.102. The molecule has 7 nitrogen and oxygen atoms in total. The zero-order chi connectivity index (χ0) is 15.5. The van der Waals surface area contributed by atoms with Crippen molar-refractivity contribution >= 4 is 11.5 Å². The van der Waals surface area contributed by atoms with Crippen molar-refractivity contribution in [2.45, 2.75) is 19.6 Å². The van der Waals surface area contributed by atoms with Crippen LogP contribution in [0.5, 0.6) is 11.5 Å². The number of aliphatic hydroxyl groups is 1. The number of fused-ring (bicyclic) bond motifs is 2. The smallest absolute Gasteiger partial charge is 0.351 e. The third-order valence-electron chi connectivity index (χ3n) is 3.34. The molecule has 2 aromatic rings. The molecule has 1 aliphatic heterocycles. The first-order valence-electron chi connectivity index (χ1n) is 7.12. The molecule has 0 spiro atoms. The molecule has 1 atom stereocenters. The first-order valence-corrected chi connectivity index (χ1v) is 7.12.